The molecule has 1 aromatic heterocycles. The Hall–Kier alpha value is -1.84. The first-order valence-corrected chi connectivity index (χ1v) is 4.20. The Balaban J connectivity index is 2.83. The van der Waals surface area contributed by atoms with Crippen LogP contribution >= 0.6 is 0 Å². The summed E-state index contributed by atoms with van der Waals surface area (Å²) in [6.07, 6.45) is 4.85. The molecule has 1 rings (SSSR count). The lowest BCUT2D eigenvalue weighted by atomic mass is 10.5. The summed E-state index contributed by atoms with van der Waals surface area (Å²) in [5.41, 5.74) is -0.341. The lowest BCUT2D eigenvalue weighted by Crippen LogP contribution is -2.22. The van der Waals surface area contributed by atoms with Crippen LogP contribution in [0.2, 0.25) is 0 Å². The van der Waals surface area contributed by atoms with Crippen LogP contribution < -0.4 is 10.4 Å². The van der Waals surface area contributed by atoms with Crippen molar-refractivity contribution in [3.8, 4) is 5.88 Å². The molecule has 0 atom stereocenters. The highest BCUT2D eigenvalue weighted by molar-refractivity contribution is 5.06. The molecule has 0 radical (unpaired) electrons. The SMILES string of the molecule is C=CCOc1ccn(CC=C)c(=O)n1. The molecule has 0 aromatic carbocycles. The van der Waals surface area contributed by atoms with Crippen LogP contribution in [-0.2, 0) is 6.54 Å². The van der Waals surface area contributed by atoms with Gasteiger partial charge in [0.2, 0.25) is 5.88 Å². The standard InChI is InChI=1S/C10H12N2O2/c1-3-6-12-7-5-9(11-10(12)13)14-8-4-2/h3-5,7H,1-2,6,8H2. The van der Waals surface area contributed by atoms with Crippen LogP contribution in [0.4, 0.5) is 0 Å². The molecule has 0 spiro atoms. The molecule has 1 aromatic rings. The van der Waals surface area contributed by atoms with Gasteiger partial charge >= 0.3 is 5.69 Å². The molecule has 0 aliphatic carbocycles. The molecule has 0 aliphatic rings. The number of allylic oxidation sites excluding steroid dienone is 1. The molecule has 0 fully saturated rings. The van der Waals surface area contributed by atoms with Gasteiger partial charge in [-0.15, -0.1) is 6.58 Å². The summed E-state index contributed by atoms with van der Waals surface area (Å²) in [7, 11) is 0. The van der Waals surface area contributed by atoms with E-state index in [9.17, 15) is 4.79 Å². The minimum atomic E-state index is -0.341. The highest BCUT2D eigenvalue weighted by atomic mass is 16.5. The topological polar surface area (TPSA) is 44.1 Å². The zero-order chi connectivity index (χ0) is 10.4. The van der Waals surface area contributed by atoms with E-state index in [1.807, 2.05) is 0 Å². The predicted octanol–water partition coefficient (Wildman–Crippen LogP) is 0.994. The molecular formula is C10H12N2O2. The second-order valence-electron chi connectivity index (χ2n) is 2.59. The highest BCUT2D eigenvalue weighted by Crippen LogP contribution is 2.00. The third kappa shape index (κ3) is 2.58. The number of aromatic nitrogens is 2. The van der Waals surface area contributed by atoms with Crippen molar-refractivity contribution in [2.75, 3.05) is 6.61 Å². The number of rotatable bonds is 5. The first kappa shape index (κ1) is 10.2. The highest BCUT2D eigenvalue weighted by Gasteiger charge is 1.98. The average Bonchev–Trinajstić information content (AvgIpc) is 2.19. The summed E-state index contributed by atoms with van der Waals surface area (Å²) in [4.78, 5) is 15.0. The molecular weight excluding hydrogens is 180 g/mol. The third-order valence-electron chi connectivity index (χ3n) is 1.52. The molecule has 4 nitrogen and oxygen atoms in total. The molecule has 4 heteroatoms. The van der Waals surface area contributed by atoms with Gasteiger partial charge < -0.3 is 4.74 Å². The minimum absolute atomic E-state index is 0.315. The van der Waals surface area contributed by atoms with Crippen molar-refractivity contribution in [3.05, 3.63) is 48.1 Å². The second kappa shape index (κ2) is 5.01. The predicted molar refractivity (Wildman–Crippen MR) is 54.4 cm³/mol. The first-order chi connectivity index (χ1) is 6.77. The molecule has 1 heterocycles. The van der Waals surface area contributed by atoms with Gasteiger partial charge in [0.15, 0.2) is 0 Å². The van der Waals surface area contributed by atoms with E-state index < -0.39 is 0 Å². The summed E-state index contributed by atoms with van der Waals surface area (Å²) in [5.74, 6) is 0.315. The van der Waals surface area contributed by atoms with E-state index in [1.54, 1.807) is 24.4 Å². The molecule has 0 saturated carbocycles. The quantitative estimate of drug-likeness (QED) is 0.653. The maximum absolute atomic E-state index is 11.3. The normalized spacial score (nSPS) is 9.43. The Morgan fingerprint density at radius 3 is 2.86 bits per heavy atom. The van der Waals surface area contributed by atoms with Crippen LogP contribution in [0.25, 0.3) is 0 Å². The second-order valence-corrected chi connectivity index (χ2v) is 2.59. The molecule has 0 unspecified atom stereocenters. The van der Waals surface area contributed by atoms with E-state index in [0.717, 1.165) is 0 Å². The van der Waals surface area contributed by atoms with Gasteiger partial charge in [-0.05, 0) is 0 Å². The van der Waals surface area contributed by atoms with E-state index in [0.29, 0.717) is 19.0 Å². The van der Waals surface area contributed by atoms with Crippen LogP contribution in [0.5, 0.6) is 5.88 Å². The van der Waals surface area contributed by atoms with Crippen molar-refractivity contribution >= 4 is 0 Å². The van der Waals surface area contributed by atoms with Gasteiger partial charge in [-0.1, -0.05) is 18.7 Å². The Morgan fingerprint density at radius 2 is 2.29 bits per heavy atom. The maximum atomic E-state index is 11.3. The third-order valence-corrected chi connectivity index (χ3v) is 1.52. The van der Waals surface area contributed by atoms with Gasteiger partial charge in [0, 0.05) is 18.8 Å². The Kier molecular flexibility index (Phi) is 3.67. The van der Waals surface area contributed by atoms with E-state index in [4.69, 9.17) is 4.74 Å². The lowest BCUT2D eigenvalue weighted by Gasteiger charge is -2.03. The molecule has 0 aliphatic heterocycles. The lowest BCUT2D eigenvalue weighted by molar-refractivity contribution is 0.345. The summed E-state index contributed by atoms with van der Waals surface area (Å²) >= 11 is 0. The van der Waals surface area contributed by atoms with Crippen LogP contribution in [0.1, 0.15) is 0 Å². The molecule has 14 heavy (non-hydrogen) atoms. The number of hydrogen-bond acceptors (Lipinski definition) is 3. The molecule has 74 valence electrons. The summed E-state index contributed by atoms with van der Waals surface area (Å²) in [6, 6.07) is 1.63. The van der Waals surface area contributed by atoms with E-state index >= 15 is 0 Å². The van der Waals surface area contributed by atoms with Crippen LogP contribution in [-0.4, -0.2) is 16.2 Å². The van der Waals surface area contributed by atoms with Crippen molar-refractivity contribution in [2.24, 2.45) is 0 Å². The zero-order valence-corrected chi connectivity index (χ0v) is 7.85. The summed E-state index contributed by atoms with van der Waals surface area (Å²) in [6.45, 7) is 7.83. The fraction of sp³-hybridized carbons (Fsp3) is 0.200. The fourth-order valence-electron chi connectivity index (χ4n) is 0.916. The fourth-order valence-corrected chi connectivity index (χ4v) is 0.916. The number of nitrogens with zero attached hydrogens (tertiary/aromatic N) is 2. The largest absolute Gasteiger partial charge is 0.473 e. The van der Waals surface area contributed by atoms with Crippen LogP contribution in [0.3, 0.4) is 0 Å². The Bertz CT molecular complexity index is 382. The molecule has 0 bridgehead atoms. The summed E-state index contributed by atoms with van der Waals surface area (Å²) < 4.78 is 6.54. The molecule has 0 amide bonds. The monoisotopic (exact) mass is 192 g/mol. The van der Waals surface area contributed by atoms with Crippen molar-refractivity contribution in [1.29, 1.82) is 0 Å². The van der Waals surface area contributed by atoms with Gasteiger partial charge in [0.25, 0.3) is 0 Å². The minimum Gasteiger partial charge on any atom is -0.473 e. The van der Waals surface area contributed by atoms with Gasteiger partial charge in [0.05, 0.1) is 0 Å². The van der Waals surface area contributed by atoms with Gasteiger partial charge in [0.1, 0.15) is 6.61 Å². The molecule has 0 N–H and O–H groups in total. The van der Waals surface area contributed by atoms with Gasteiger partial charge in [-0.2, -0.15) is 4.98 Å². The Morgan fingerprint density at radius 1 is 1.50 bits per heavy atom. The van der Waals surface area contributed by atoms with Crippen molar-refractivity contribution < 1.29 is 4.74 Å². The maximum Gasteiger partial charge on any atom is 0.351 e. The van der Waals surface area contributed by atoms with E-state index in [2.05, 4.69) is 18.1 Å². The van der Waals surface area contributed by atoms with Crippen LogP contribution in [0.15, 0.2) is 42.4 Å². The van der Waals surface area contributed by atoms with Crippen molar-refractivity contribution in [3.63, 3.8) is 0 Å². The number of hydrogen-bond donors (Lipinski definition) is 0. The van der Waals surface area contributed by atoms with Crippen LogP contribution in [0, 0.1) is 0 Å². The van der Waals surface area contributed by atoms with Crippen molar-refractivity contribution in [1.82, 2.24) is 9.55 Å². The zero-order valence-electron chi connectivity index (χ0n) is 7.85. The smallest absolute Gasteiger partial charge is 0.351 e. The van der Waals surface area contributed by atoms with Crippen molar-refractivity contribution in [2.45, 2.75) is 6.54 Å². The van der Waals surface area contributed by atoms with Gasteiger partial charge in [-0.3, -0.25) is 4.57 Å². The average molecular weight is 192 g/mol. The van der Waals surface area contributed by atoms with E-state index in [1.165, 1.54) is 4.57 Å². The van der Waals surface area contributed by atoms with Gasteiger partial charge in [-0.25, -0.2) is 4.79 Å². The number of ether oxygens (including phenoxy) is 1. The Labute approximate surface area is 82.2 Å². The van der Waals surface area contributed by atoms with E-state index in [-0.39, 0.29) is 5.69 Å². The summed E-state index contributed by atoms with van der Waals surface area (Å²) in [5, 5.41) is 0. The molecule has 0 saturated heterocycles. The first-order valence-electron chi connectivity index (χ1n) is 4.20.